The number of aromatic nitrogens is 5. The van der Waals surface area contributed by atoms with Crippen LogP contribution >= 0.6 is 0 Å². The first-order chi connectivity index (χ1) is 8.74. The normalized spacial score (nSPS) is 10.7. The van der Waals surface area contributed by atoms with Gasteiger partial charge in [-0.15, -0.1) is 5.10 Å². The zero-order chi connectivity index (χ0) is 12.8. The Morgan fingerprint density at radius 2 is 2.28 bits per heavy atom. The lowest BCUT2D eigenvalue weighted by Crippen LogP contribution is -2.24. The number of carbonyl (C=O) groups is 1. The third-order valence-corrected chi connectivity index (χ3v) is 1.86. The Bertz CT molecular complexity index is 549. The summed E-state index contributed by atoms with van der Waals surface area (Å²) >= 11 is 0. The van der Waals surface area contributed by atoms with Gasteiger partial charge in [0.25, 0.3) is 11.9 Å². The molecule has 0 aliphatic heterocycles. The molecule has 0 atom stereocenters. The van der Waals surface area contributed by atoms with Crippen LogP contribution in [-0.2, 0) is 11.3 Å². The molecule has 0 aliphatic rings. The summed E-state index contributed by atoms with van der Waals surface area (Å²) in [5.74, 6) is -0.360. The molecular formula is C9H10N8O. The minimum absolute atomic E-state index is 0.0167. The number of rotatable bonds is 4. The van der Waals surface area contributed by atoms with Crippen LogP contribution in [-0.4, -0.2) is 37.3 Å². The van der Waals surface area contributed by atoms with Crippen LogP contribution in [0.25, 0.3) is 0 Å². The highest BCUT2D eigenvalue weighted by molar-refractivity contribution is 5.81. The predicted octanol–water partition coefficient (Wildman–Crippen LogP) is -1.20. The number of tetrazole rings is 1. The van der Waals surface area contributed by atoms with E-state index in [-0.39, 0.29) is 18.4 Å². The van der Waals surface area contributed by atoms with E-state index in [1.807, 2.05) is 0 Å². The van der Waals surface area contributed by atoms with Gasteiger partial charge in [-0.3, -0.25) is 9.78 Å². The van der Waals surface area contributed by atoms with E-state index in [1.165, 1.54) is 6.21 Å². The lowest BCUT2D eigenvalue weighted by atomic mass is 10.3. The van der Waals surface area contributed by atoms with E-state index >= 15 is 0 Å². The Morgan fingerprint density at radius 3 is 2.94 bits per heavy atom. The number of nitrogens with one attached hydrogen (secondary N) is 1. The van der Waals surface area contributed by atoms with Crippen molar-refractivity contribution in [2.75, 3.05) is 5.73 Å². The van der Waals surface area contributed by atoms with Crippen LogP contribution in [0.5, 0.6) is 0 Å². The summed E-state index contributed by atoms with van der Waals surface area (Å²) in [6.07, 6.45) is 4.76. The molecule has 0 radical (unpaired) electrons. The van der Waals surface area contributed by atoms with Crippen molar-refractivity contribution >= 4 is 18.1 Å². The molecule has 2 aromatic heterocycles. The van der Waals surface area contributed by atoms with Crippen LogP contribution in [0.3, 0.4) is 0 Å². The fraction of sp³-hybridized carbons (Fsp3) is 0.111. The van der Waals surface area contributed by atoms with Crippen molar-refractivity contribution < 1.29 is 4.79 Å². The predicted molar refractivity (Wildman–Crippen MR) is 62.2 cm³/mol. The van der Waals surface area contributed by atoms with Crippen LogP contribution in [0.2, 0.25) is 0 Å². The van der Waals surface area contributed by atoms with Crippen LogP contribution in [0, 0.1) is 0 Å². The minimum atomic E-state index is -0.377. The molecule has 2 aromatic rings. The van der Waals surface area contributed by atoms with Gasteiger partial charge in [-0.2, -0.15) is 9.90 Å². The molecule has 92 valence electrons. The topological polar surface area (TPSA) is 124 Å². The van der Waals surface area contributed by atoms with E-state index in [4.69, 9.17) is 5.73 Å². The SMILES string of the molecule is Nc1nnn(CC(=O)N/N=C/c2ccncc2)n1. The summed E-state index contributed by atoms with van der Waals surface area (Å²) in [6, 6.07) is 3.52. The monoisotopic (exact) mass is 246 g/mol. The molecule has 9 nitrogen and oxygen atoms in total. The van der Waals surface area contributed by atoms with Gasteiger partial charge >= 0.3 is 0 Å². The van der Waals surface area contributed by atoms with Gasteiger partial charge in [-0.25, -0.2) is 5.43 Å². The van der Waals surface area contributed by atoms with E-state index in [2.05, 4.69) is 30.9 Å². The maximum Gasteiger partial charge on any atom is 0.263 e. The number of nitrogens with two attached hydrogens (primary N) is 1. The summed E-state index contributed by atoms with van der Waals surface area (Å²) in [6.45, 7) is -0.0993. The van der Waals surface area contributed by atoms with Gasteiger partial charge in [0.2, 0.25) is 0 Å². The molecule has 0 aliphatic carbocycles. The van der Waals surface area contributed by atoms with Crippen molar-refractivity contribution in [1.29, 1.82) is 0 Å². The molecule has 0 unspecified atom stereocenters. The maximum absolute atomic E-state index is 11.4. The lowest BCUT2D eigenvalue weighted by Gasteiger charge is -1.97. The number of hydrogen-bond acceptors (Lipinski definition) is 7. The number of hydrazone groups is 1. The van der Waals surface area contributed by atoms with Gasteiger partial charge in [-0.05, 0) is 22.9 Å². The van der Waals surface area contributed by atoms with Crippen molar-refractivity contribution in [2.24, 2.45) is 5.10 Å². The van der Waals surface area contributed by atoms with Crippen molar-refractivity contribution in [3.63, 3.8) is 0 Å². The Morgan fingerprint density at radius 1 is 1.50 bits per heavy atom. The quantitative estimate of drug-likeness (QED) is 0.515. The Labute approximate surface area is 102 Å². The molecule has 9 heteroatoms. The fourth-order valence-corrected chi connectivity index (χ4v) is 1.11. The maximum atomic E-state index is 11.4. The molecule has 0 fully saturated rings. The summed E-state index contributed by atoms with van der Waals surface area (Å²) in [5.41, 5.74) is 8.41. The average Bonchev–Trinajstić information content (AvgIpc) is 2.76. The zero-order valence-electron chi connectivity index (χ0n) is 9.26. The van der Waals surface area contributed by atoms with Gasteiger partial charge in [-0.1, -0.05) is 5.10 Å². The van der Waals surface area contributed by atoms with Crippen molar-refractivity contribution in [2.45, 2.75) is 6.54 Å². The molecule has 0 saturated heterocycles. The number of pyridine rings is 1. The molecule has 18 heavy (non-hydrogen) atoms. The molecule has 1 amide bonds. The summed E-state index contributed by atoms with van der Waals surface area (Å²) < 4.78 is 0. The highest BCUT2D eigenvalue weighted by Gasteiger charge is 2.04. The molecule has 0 aromatic carbocycles. The zero-order valence-corrected chi connectivity index (χ0v) is 9.26. The molecule has 0 saturated carbocycles. The van der Waals surface area contributed by atoms with Gasteiger partial charge in [0.05, 0.1) is 6.21 Å². The number of nitrogens with zero attached hydrogens (tertiary/aromatic N) is 6. The molecule has 3 N–H and O–H groups in total. The second-order valence-electron chi connectivity index (χ2n) is 3.25. The van der Waals surface area contributed by atoms with E-state index < -0.39 is 0 Å². The van der Waals surface area contributed by atoms with Gasteiger partial charge in [0.15, 0.2) is 0 Å². The summed E-state index contributed by atoms with van der Waals surface area (Å²) in [4.78, 5) is 16.3. The van der Waals surface area contributed by atoms with Gasteiger partial charge < -0.3 is 5.73 Å². The number of amides is 1. The third-order valence-electron chi connectivity index (χ3n) is 1.86. The highest BCUT2D eigenvalue weighted by atomic mass is 16.2. The number of anilines is 1. The van der Waals surface area contributed by atoms with Crippen LogP contribution in [0.1, 0.15) is 5.56 Å². The standard InChI is InChI=1S/C9H10N8O/c10-9-14-16-17(15-9)6-8(18)13-12-5-7-1-3-11-4-2-7/h1-5H,6H2,(H2,10,15)(H,13,18)/b12-5+. The average molecular weight is 246 g/mol. The third kappa shape index (κ3) is 3.33. The van der Waals surface area contributed by atoms with E-state index in [0.717, 1.165) is 10.4 Å². The number of nitrogen functional groups attached to an aromatic ring is 1. The molecule has 0 bridgehead atoms. The summed E-state index contributed by atoms with van der Waals surface area (Å²) in [7, 11) is 0. The van der Waals surface area contributed by atoms with E-state index in [1.54, 1.807) is 24.5 Å². The number of carbonyl (C=O) groups excluding carboxylic acids is 1. The molecule has 0 spiro atoms. The first-order valence-corrected chi connectivity index (χ1v) is 4.99. The molecular weight excluding hydrogens is 236 g/mol. The molecule has 2 rings (SSSR count). The second-order valence-corrected chi connectivity index (χ2v) is 3.25. The lowest BCUT2D eigenvalue weighted by molar-refractivity contribution is -0.122. The van der Waals surface area contributed by atoms with Crippen LogP contribution in [0.15, 0.2) is 29.6 Å². The largest absolute Gasteiger partial charge is 0.365 e. The first kappa shape index (κ1) is 11.6. The fourth-order valence-electron chi connectivity index (χ4n) is 1.11. The highest BCUT2D eigenvalue weighted by Crippen LogP contribution is 1.90. The van der Waals surface area contributed by atoms with Crippen LogP contribution in [0.4, 0.5) is 5.95 Å². The Hall–Kier alpha value is -2.84. The number of hydrogen-bond donors (Lipinski definition) is 2. The first-order valence-electron chi connectivity index (χ1n) is 4.99. The van der Waals surface area contributed by atoms with Crippen LogP contribution < -0.4 is 11.2 Å². The summed E-state index contributed by atoms with van der Waals surface area (Å²) in [5, 5.41) is 14.4. The van der Waals surface area contributed by atoms with Crippen molar-refractivity contribution in [3.8, 4) is 0 Å². The van der Waals surface area contributed by atoms with Crippen molar-refractivity contribution in [1.82, 2.24) is 30.6 Å². The van der Waals surface area contributed by atoms with E-state index in [9.17, 15) is 4.79 Å². The second kappa shape index (κ2) is 5.48. The minimum Gasteiger partial charge on any atom is -0.365 e. The van der Waals surface area contributed by atoms with Crippen molar-refractivity contribution in [3.05, 3.63) is 30.1 Å². The smallest absolute Gasteiger partial charge is 0.263 e. The van der Waals surface area contributed by atoms with Gasteiger partial charge in [0.1, 0.15) is 6.54 Å². The van der Waals surface area contributed by atoms with E-state index in [0.29, 0.717) is 0 Å². The molecule has 2 heterocycles. The van der Waals surface area contributed by atoms with Gasteiger partial charge in [0, 0.05) is 12.4 Å². The Kier molecular flexibility index (Phi) is 3.54. The Balaban J connectivity index is 1.83.